The molecule has 0 saturated carbocycles. The van der Waals surface area contributed by atoms with Crippen molar-refractivity contribution < 1.29 is 23.5 Å². The van der Waals surface area contributed by atoms with Gasteiger partial charge in [0.25, 0.3) is 11.5 Å². The summed E-state index contributed by atoms with van der Waals surface area (Å²) in [6.45, 7) is 4.84. The number of hydrogen-bond donors (Lipinski definition) is 1. The average molecular weight is 571 g/mol. The van der Waals surface area contributed by atoms with Crippen molar-refractivity contribution >= 4 is 23.3 Å². The third-order valence-electron chi connectivity index (χ3n) is 6.97. The van der Waals surface area contributed by atoms with Gasteiger partial charge in [0.2, 0.25) is 0 Å². The lowest BCUT2D eigenvalue weighted by molar-refractivity contribution is -0.149. The summed E-state index contributed by atoms with van der Waals surface area (Å²) < 4.78 is 25.9. The van der Waals surface area contributed by atoms with E-state index in [1.54, 1.807) is 48.2 Å². The summed E-state index contributed by atoms with van der Waals surface area (Å²) in [7, 11) is 0. The molecule has 0 bridgehead atoms. The lowest BCUT2D eigenvalue weighted by Crippen LogP contribution is -2.42. The maximum Gasteiger partial charge on any atom is 0.310 e. The van der Waals surface area contributed by atoms with E-state index in [-0.39, 0.29) is 35.8 Å². The van der Waals surface area contributed by atoms with Crippen molar-refractivity contribution in [2.45, 2.75) is 26.7 Å². The number of amides is 1. The van der Waals surface area contributed by atoms with Gasteiger partial charge in [-0.15, -0.1) is 0 Å². The van der Waals surface area contributed by atoms with Crippen LogP contribution < -0.4 is 15.6 Å². The molecule has 1 N–H and O–H groups in total. The average Bonchev–Trinajstić information content (AvgIpc) is 3.00. The summed E-state index contributed by atoms with van der Waals surface area (Å²) in [4.78, 5) is 41.0. The van der Waals surface area contributed by atoms with Crippen LogP contribution in [0.1, 0.15) is 35.7 Å². The molecule has 42 heavy (non-hydrogen) atoms. The minimum Gasteiger partial charge on any atom is -0.466 e. The van der Waals surface area contributed by atoms with Crippen LogP contribution in [-0.4, -0.2) is 46.3 Å². The number of piperidine rings is 1. The Kier molecular flexibility index (Phi) is 8.61. The second kappa shape index (κ2) is 12.7. The highest BCUT2D eigenvalue weighted by atomic mass is 19.1. The molecule has 2 heterocycles. The molecular formula is C32H31FN4O5. The molecule has 1 amide bonds. The maximum absolute atomic E-state index is 13.7. The smallest absolute Gasteiger partial charge is 0.310 e. The molecule has 0 aliphatic carbocycles. The Bertz CT molecular complexity index is 1640. The zero-order valence-corrected chi connectivity index (χ0v) is 23.4. The van der Waals surface area contributed by atoms with Gasteiger partial charge in [-0.1, -0.05) is 23.8 Å². The lowest BCUT2D eigenvalue weighted by Gasteiger charge is -2.31. The Morgan fingerprint density at radius 3 is 2.57 bits per heavy atom. The van der Waals surface area contributed by atoms with Gasteiger partial charge < -0.3 is 19.7 Å². The van der Waals surface area contributed by atoms with Crippen LogP contribution in [0.3, 0.4) is 0 Å². The molecule has 1 fully saturated rings. The molecule has 0 spiro atoms. The first-order valence-electron chi connectivity index (χ1n) is 13.8. The molecule has 4 aromatic rings. The van der Waals surface area contributed by atoms with Crippen LogP contribution >= 0.6 is 0 Å². The second-order valence-electron chi connectivity index (χ2n) is 10.0. The topological polar surface area (TPSA) is 103 Å². The van der Waals surface area contributed by atoms with Crippen molar-refractivity contribution in [2.75, 3.05) is 25.0 Å². The zero-order chi connectivity index (χ0) is 29.6. The van der Waals surface area contributed by atoms with E-state index < -0.39 is 11.4 Å². The Morgan fingerprint density at radius 1 is 1.07 bits per heavy atom. The van der Waals surface area contributed by atoms with Gasteiger partial charge >= 0.3 is 5.97 Å². The van der Waals surface area contributed by atoms with Gasteiger partial charge in [-0.05, 0) is 81.3 Å². The van der Waals surface area contributed by atoms with E-state index in [1.165, 1.54) is 30.5 Å². The molecule has 1 saturated heterocycles. The molecule has 9 nitrogen and oxygen atoms in total. The van der Waals surface area contributed by atoms with Crippen molar-refractivity contribution in [3.8, 4) is 17.2 Å². The van der Waals surface area contributed by atoms with Crippen LogP contribution in [0.2, 0.25) is 0 Å². The van der Waals surface area contributed by atoms with Crippen LogP contribution in [0, 0.1) is 18.7 Å². The number of rotatable bonds is 8. The number of carbonyl (C=O) groups is 2. The molecule has 5 rings (SSSR count). The maximum atomic E-state index is 13.7. The number of anilines is 2. The van der Waals surface area contributed by atoms with Crippen molar-refractivity contribution in [3.05, 3.63) is 106 Å². The monoisotopic (exact) mass is 570 g/mol. The number of benzene rings is 3. The lowest BCUT2D eigenvalue weighted by atomic mass is 9.97. The van der Waals surface area contributed by atoms with Gasteiger partial charge in [-0.3, -0.25) is 14.4 Å². The van der Waals surface area contributed by atoms with E-state index in [2.05, 4.69) is 10.4 Å². The predicted molar refractivity (Wildman–Crippen MR) is 156 cm³/mol. The fourth-order valence-corrected chi connectivity index (χ4v) is 4.80. The quantitative estimate of drug-likeness (QED) is 0.274. The number of aromatic nitrogens is 2. The van der Waals surface area contributed by atoms with E-state index >= 15 is 0 Å². The number of halogens is 1. The van der Waals surface area contributed by atoms with Gasteiger partial charge in [-0.25, -0.2) is 4.39 Å². The van der Waals surface area contributed by atoms with Gasteiger partial charge in [0.15, 0.2) is 11.4 Å². The van der Waals surface area contributed by atoms with E-state index in [4.69, 9.17) is 9.47 Å². The number of ether oxygens (including phenoxy) is 2. The van der Waals surface area contributed by atoms with E-state index in [0.29, 0.717) is 48.7 Å². The highest BCUT2D eigenvalue weighted by molar-refractivity contribution is 5.95. The zero-order valence-electron chi connectivity index (χ0n) is 23.4. The summed E-state index contributed by atoms with van der Waals surface area (Å²) in [5, 5.41) is 7.37. The van der Waals surface area contributed by atoms with Crippen molar-refractivity contribution in [3.63, 3.8) is 0 Å². The second-order valence-corrected chi connectivity index (χ2v) is 10.0. The molecule has 216 valence electrons. The third-order valence-corrected chi connectivity index (χ3v) is 6.97. The molecule has 1 atom stereocenters. The molecule has 3 aromatic carbocycles. The Morgan fingerprint density at radius 2 is 1.83 bits per heavy atom. The summed E-state index contributed by atoms with van der Waals surface area (Å²) in [6.07, 6.45) is 2.79. The fraction of sp³-hybridized carbons (Fsp3) is 0.250. The molecule has 1 aliphatic heterocycles. The Balaban J connectivity index is 1.45. The number of hydrogen-bond acceptors (Lipinski definition) is 7. The highest BCUT2D eigenvalue weighted by Crippen LogP contribution is 2.30. The largest absolute Gasteiger partial charge is 0.466 e. The Hall–Kier alpha value is -4.99. The van der Waals surface area contributed by atoms with Gasteiger partial charge in [0.1, 0.15) is 11.6 Å². The summed E-state index contributed by atoms with van der Waals surface area (Å²) in [5.41, 5.74) is 1.85. The number of likely N-dealkylation sites (tertiary alicyclic amines) is 1. The Labute approximate surface area is 242 Å². The number of aryl methyl sites for hydroxylation is 1. The first kappa shape index (κ1) is 28.5. The van der Waals surface area contributed by atoms with Crippen molar-refractivity contribution in [2.24, 2.45) is 5.92 Å². The summed E-state index contributed by atoms with van der Waals surface area (Å²) >= 11 is 0. The van der Waals surface area contributed by atoms with E-state index in [0.717, 1.165) is 10.2 Å². The van der Waals surface area contributed by atoms with Crippen molar-refractivity contribution in [1.82, 2.24) is 14.7 Å². The summed E-state index contributed by atoms with van der Waals surface area (Å²) in [6, 6.07) is 19.5. The molecule has 0 unspecified atom stereocenters. The SMILES string of the molecule is CCOC(=O)[C@@H]1CCCN(C(=O)c2cccc(Nc3c(Oc4ccc(C)cc4)cnn(-c4ccc(F)cc4)c3=O)c2)C1. The number of esters is 1. The van der Waals surface area contributed by atoms with Crippen molar-refractivity contribution in [1.29, 1.82) is 0 Å². The highest BCUT2D eigenvalue weighted by Gasteiger charge is 2.30. The van der Waals surface area contributed by atoms with Gasteiger partial charge in [-0.2, -0.15) is 9.78 Å². The van der Waals surface area contributed by atoms with Crippen LogP contribution in [0.4, 0.5) is 15.8 Å². The fourth-order valence-electron chi connectivity index (χ4n) is 4.80. The van der Waals surface area contributed by atoms with Crippen LogP contribution in [0.25, 0.3) is 5.69 Å². The van der Waals surface area contributed by atoms with Gasteiger partial charge in [0.05, 0.1) is 24.4 Å². The number of carbonyl (C=O) groups excluding carboxylic acids is 2. The molecule has 1 aliphatic rings. The first-order chi connectivity index (χ1) is 20.3. The molecule has 10 heteroatoms. The summed E-state index contributed by atoms with van der Waals surface area (Å²) in [5.74, 6) is -0.619. The first-order valence-corrected chi connectivity index (χ1v) is 13.8. The predicted octanol–water partition coefficient (Wildman–Crippen LogP) is 5.63. The minimum absolute atomic E-state index is 0.0832. The third kappa shape index (κ3) is 6.49. The molecule has 1 aromatic heterocycles. The standard InChI is InChI=1S/C32H31FN4O5/c1-3-41-32(40)23-7-5-17-36(20-23)30(38)22-6-4-8-25(18-22)35-29-28(42-27-15-9-21(2)10-16-27)19-34-37(31(29)39)26-13-11-24(33)12-14-26/h4,6,8-16,18-19,23,35H,3,5,7,17,20H2,1-2H3/t23-/m1/s1. The minimum atomic E-state index is -0.531. The normalized spacial score (nSPS) is 14.7. The van der Waals surface area contributed by atoms with E-state index in [9.17, 15) is 18.8 Å². The van der Waals surface area contributed by atoms with Crippen LogP contribution in [-0.2, 0) is 9.53 Å². The van der Waals surface area contributed by atoms with E-state index in [1.807, 2.05) is 19.1 Å². The molecule has 0 radical (unpaired) electrons. The van der Waals surface area contributed by atoms with Gasteiger partial charge in [0, 0.05) is 24.3 Å². The number of nitrogens with one attached hydrogen (secondary N) is 1. The molecular weight excluding hydrogens is 539 g/mol. The number of nitrogens with zero attached hydrogens (tertiary/aromatic N) is 3. The van der Waals surface area contributed by atoms with Crippen LogP contribution in [0.5, 0.6) is 11.5 Å². The van der Waals surface area contributed by atoms with Crippen LogP contribution in [0.15, 0.2) is 83.8 Å².